The number of halogens is 5. The van der Waals surface area contributed by atoms with Crippen LogP contribution in [0.25, 0.3) is 0 Å². The molecule has 0 heterocycles. The molecular weight excluding hydrogens is 357 g/mol. The molecule has 0 saturated carbocycles. The summed E-state index contributed by atoms with van der Waals surface area (Å²) in [6.45, 7) is 1.63. The van der Waals surface area contributed by atoms with E-state index in [2.05, 4.69) is 15.9 Å². The van der Waals surface area contributed by atoms with E-state index in [1.54, 1.807) is 25.1 Å². The summed E-state index contributed by atoms with van der Waals surface area (Å²) < 4.78 is 27.2. The van der Waals surface area contributed by atoms with Crippen LogP contribution in [0.5, 0.6) is 0 Å². The Morgan fingerprint density at radius 1 is 1.00 bits per heavy atom. The highest BCUT2D eigenvalue weighted by atomic mass is 79.9. The van der Waals surface area contributed by atoms with Crippen molar-refractivity contribution in [2.45, 2.75) is 11.8 Å². The summed E-state index contributed by atoms with van der Waals surface area (Å²) in [4.78, 5) is -0.462. The Morgan fingerprint density at radius 2 is 1.68 bits per heavy atom. The first kappa shape index (κ1) is 14.8. The van der Waals surface area contributed by atoms with Crippen molar-refractivity contribution in [3.8, 4) is 0 Å². The Morgan fingerprint density at radius 3 is 2.32 bits per heavy atom. The minimum Gasteiger partial charge on any atom is -0.207 e. The molecule has 0 aliphatic heterocycles. The zero-order valence-corrected chi connectivity index (χ0v) is 13.0. The van der Waals surface area contributed by atoms with Crippen molar-refractivity contribution in [1.29, 1.82) is 0 Å². The Bertz CT molecular complexity index is 629. The minimum atomic E-state index is -0.462. The van der Waals surface area contributed by atoms with Gasteiger partial charge in [0.2, 0.25) is 0 Å². The van der Waals surface area contributed by atoms with Crippen LogP contribution in [0, 0.1) is 18.6 Å². The summed E-state index contributed by atoms with van der Waals surface area (Å²) in [5.41, 5.74) is 1.47. The summed E-state index contributed by atoms with van der Waals surface area (Å²) in [5.74, 6) is -0.822. The van der Waals surface area contributed by atoms with Gasteiger partial charge in [-0.3, -0.25) is 0 Å². The minimum absolute atomic E-state index is 0.249. The van der Waals surface area contributed by atoms with Gasteiger partial charge in [-0.2, -0.15) is 0 Å². The summed E-state index contributed by atoms with van der Waals surface area (Å²) >= 11 is 15.1. The monoisotopic (exact) mass is 364 g/mol. The van der Waals surface area contributed by atoms with Gasteiger partial charge in [-0.05, 0) is 36.2 Å². The molecule has 2 rings (SSSR count). The van der Waals surface area contributed by atoms with Gasteiger partial charge < -0.3 is 0 Å². The van der Waals surface area contributed by atoms with Gasteiger partial charge >= 0.3 is 0 Å². The van der Waals surface area contributed by atoms with E-state index in [0.717, 1.165) is 0 Å². The molecule has 0 aromatic heterocycles. The molecule has 0 fully saturated rings. The SMILES string of the molecule is Cc1cc(C(Br)c2ccc(Cl)cc2F)c(Cl)cc1F. The molecule has 100 valence electrons. The fourth-order valence-electron chi connectivity index (χ4n) is 1.75. The Hall–Kier alpha value is -0.640. The third kappa shape index (κ3) is 3.10. The van der Waals surface area contributed by atoms with Gasteiger partial charge in [-0.25, -0.2) is 8.78 Å². The Kier molecular flexibility index (Phi) is 4.49. The molecule has 0 bridgehead atoms. The third-order valence-electron chi connectivity index (χ3n) is 2.79. The Balaban J connectivity index is 2.49. The van der Waals surface area contributed by atoms with E-state index in [9.17, 15) is 8.78 Å². The molecule has 0 N–H and O–H groups in total. The molecule has 0 spiro atoms. The lowest BCUT2D eigenvalue weighted by atomic mass is 10.0. The highest BCUT2D eigenvalue weighted by Gasteiger charge is 2.19. The average Bonchev–Trinajstić information content (AvgIpc) is 2.33. The largest absolute Gasteiger partial charge is 0.207 e. The van der Waals surface area contributed by atoms with Crippen LogP contribution < -0.4 is 0 Å². The maximum atomic E-state index is 13.9. The fourth-order valence-corrected chi connectivity index (χ4v) is 3.05. The fraction of sp³-hybridized carbons (Fsp3) is 0.143. The first-order valence-electron chi connectivity index (χ1n) is 5.44. The van der Waals surface area contributed by atoms with Gasteiger partial charge in [0.15, 0.2) is 0 Å². The van der Waals surface area contributed by atoms with Gasteiger partial charge in [0.05, 0.1) is 4.83 Å². The van der Waals surface area contributed by atoms with Crippen LogP contribution in [0.2, 0.25) is 10.0 Å². The molecule has 0 saturated heterocycles. The first-order valence-corrected chi connectivity index (χ1v) is 7.12. The van der Waals surface area contributed by atoms with Crippen molar-refractivity contribution in [2.24, 2.45) is 0 Å². The summed E-state index contributed by atoms with van der Waals surface area (Å²) in [7, 11) is 0. The molecule has 0 amide bonds. The molecule has 0 nitrogen and oxygen atoms in total. The third-order valence-corrected chi connectivity index (χ3v) is 4.34. The van der Waals surface area contributed by atoms with Crippen LogP contribution in [0.15, 0.2) is 30.3 Å². The van der Waals surface area contributed by atoms with E-state index in [1.807, 2.05) is 0 Å². The second-order valence-corrected chi connectivity index (χ2v) is 5.91. The standard InChI is InChI=1S/C14H9BrCl2F2/c1-7-4-10(11(17)6-12(7)18)14(15)9-3-2-8(16)5-13(9)19/h2-6,14H,1H3. The molecule has 0 aliphatic carbocycles. The number of aryl methyl sites for hydroxylation is 1. The topological polar surface area (TPSA) is 0 Å². The van der Waals surface area contributed by atoms with Crippen LogP contribution in [0.3, 0.4) is 0 Å². The van der Waals surface area contributed by atoms with E-state index < -0.39 is 10.6 Å². The van der Waals surface area contributed by atoms with Crippen LogP contribution in [0.1, 0.15) is 21.5 Å². The van der Waals surface area contributed by atoms with Gasteiger partial charge in [-0.1, -0.05) is 51.3 Å². The average molecular weight is 366 g/mol. The molecule has 19 heavy (non-hydrogen) atoms. The van der Waals surface area contributed by atoms with Crippen molar-refractivity contribution >= 4 is 39.1 Å². The molecule has 2 aromatic carbocycles. The molecule has 0 radical (unpaired) electrons. The normalized spacial score (nSPS) is 12.5. The zero-order chi connectivity index (χ0) is 14.2. The van der Waals surface area contributed by atoms with E-state index >= 15 is 0 Å². The number of hydrogen-bond donors (Lipinski definition) is 0. The zero-order valence-electron chi connectivity index (χ0n) is 9.85. The predicted octanol–water partition coefficient (Wildman–Crippen LogP) is 6.06. The maximum Gasteiger partial charge on any atom is 0.129 e. The Labute approximate surface area is 128 Å². The van der Waals surface area contributed by atoms with E-state index in [1.165, 1.54) is 12.1 Å². The number of hydrogen-bond acceptors (Lipinski definition) is 0. The lowest BCUT2D eigenvalue weighted by molar-refractivity contribution is 0.611. The number of alkyl halides is 1. The smallest absolute Gasteiger partial charge is 0.129 e. The molecular formula is C14H9BrCl2F2. The first-order chi connectivity index (χ1) is 8.90. The molecule has 0 aliphatic rings. The van der Waals surface area contributed by atoms with Gasteiger partial charge in [0, 0.05) is 15.6 Å². The predicted molar refractivity (Wildman–Crippen MR) is 78.3 cm³/mol. The molecule has 5 heteroatoms. The van der Waals surface area contributed by atoms with Crippen molar-refractivity contribution in [1.82, 2.24) is 0 Å². The lowest BCUT2D eigenvalue weighted by Gasteiger charge is -2.15. The second kappa shape index (κ2) is 5.78. The van der Waals surface area contributed by atoms with Crippen molar-refractivity contribution in [2.75, 3.05) is 0 Å². The van der Waals surface area contributed by atoms with Crippen LogP contribution in [-0.4, -0.2) is 0 Å². The molecule has 2 aromatic rings. The maximum absolute atomic E-state index is 13.9. The summed E-state index contributed by atoms with van der Waals surface area (Å²) in [6.07, 6.45) is 0. The van der Waals surface area contributed by atoms with Crippen molar-refractivity contribution in [3.63, 3.8) is 0 Å². The highest BCUT2D eigenvalue weighted by molar-refractivity contribution is 9.09. The summed E-state index contributed by atoms with van der Waals surface area (Å²) in [6, 6.07) is 7.24. The second-order valence-electron chi connectivity index (χ2n) is 4.15. The van der Waals surface area contributed by atoms with Crippen LogP contribution >= 0.6 is 39.1 Å². The van der Waals surface area contributed by atoms with E-state index in [-0.39, 0.29) is 10.8 Å². The van der Waals surface area contributed by atoms with Crippen LogP contribution in [-0.2, 0) is 0 Å². The lowest BCUT2D eigenvalue weighted by Crippen LogP contribution is -1.99. The number of rotatable bonds is 2. The number of benzene rings is 2. The van der Waals surface area contributed by atoms with E-state index in [0.29, 0.717) is 21.7 Å². The summed E-state index contributed by atoms with van der Waals surface area (Å²) in [5, 5.41) is 0.571. The quantitative estimate of drug-likeness (QED) is 0.567. The molecule has 1 atom stereocenters. The van der Waals surface area contributed by atoms with Crippen molar-refractivity contribution in [3.05, 3.63) is 68.7 Å². The van der Waals surface area contributed by atoms with Gasteiger partial charge in [-0.15, -0.1) is 0 Å². The van der Waals surface area contributed by atoms with E-state index in [4.69, 9.17) is 23.2 Å². The van der Waals surface area contributed by atoms with Crippen LogP contribution in [0.4, 0.5) is 8.78 Å². The highest BCUT2D eigenvalue weighted by Crippen LogP contribution is 2.38. The molecule has 1 unspecified atom stereocenters. The van der Waals surface area contributed by atoms with Gasteiger partial charge in [0.1, 0.15) is 11.6 Å². The van der Waals surface area contributed by atoms with Crippen molar-refractivity contribution < 1.29 is 8.78 Å². The van der Waals surface area contributed by atoms with Gasteiger partial charge in [0.25, 0.3) is 0 Å².